The van der Waals surface area contributed by atoms with Crippen LogP contribution in [0.4, 0.5) is 0 Å². The summed E-state index contributed by atoms with van der Waals surface area (Å²) in [6.45, 7) is -0.185. The lowest BCUT2D eigenvalue weighted by Gasteiger charge is -2.21. The Morgan fingerprint density at radius 1 is 1.17 bits per heavy atom. The highest BCUT2D eigenvalue weighted by molar-refractivity contribution is 7.89. The summed E-state index contributed by atoms with van der Waals surface area (Å²) in [5.41, 5.74) is 0.586. The number of benzene rings is 2. The lowest BCUT2D eigenvalue weighted by molar-refractivity contribution is 0.155. The smallest absolute Gasteiger partial charge is 0.246 e. The maximum absolute atomic E-state index is 12.6. The Morgan fingerprint density at radius 2 is 1.78 bits per heavy atom. The van der Waals surface area contributed by atoms with Crippen LogP contribution in [-0.2, 0) is 10.0 Å². The van der Waals surface area contributed by atoms with Gasteiger partial charge in [-0.05, 0) is 17.7 Å². The second-order valence-electron chi connectivity index (χ2n) is 4.95. The molecule has 2 N–H and O–H groups in total. The molecule has 124 valence electrons. The third-order valence-electron chi connectivity index (χ3n) is 3.30. The van der Waals surface area contributed by atoms with E-state index in [0.29, 0.717) is 5.56 Å². The Morgan fingerprint density at radius 3 is 2.39 bits per heavy atom. The van der Waals surface area contributed by atoms with E-state index in [9.17, 15) is 18.6 Å². The molecule has 0 aliphatic carbocycles. The summed E-state index contributed by atoms with van der Waals surface area (Å²) in [4.78, 5) is -0.405. The first-order chi connectivity index (χ1) is 10.7. The molecule has 2 aromatic rings. The predicted octanol–water partition coefficient (Wildman–Crippen LogP) is 3.05. The Labute approximate surface area is 144 Å². The molecule has 0 aliphatic heterocycles. The monoisotopic (exact) mass is 375 g/mol. The van der Waals surface area contributed by atoms with Gasteiger partial charge in [0, 0.05) is 18.6 Å². The largest absolute Gasteiger partial charge is 0.505 e. The van der Waals surface area contributed by atoms with E-state index in [1.165, 1.54) is 13.1 Å². The van der Waals surface area contributed by atoms with Gasteiger partial charge in [-0.15, -0.1) is 0 Å². The number of hydrogen-bond acceptors (Lipinski definition) is 4. The molecule has 0 aromatic heterocycles. The van der Waals surface area contributed by atoms with Crippen LogP contribution in [0.1, 0.15) is 11.7 Å². The van der Waals surface area contributed by atoms with Gasteiger partial charge in [-0.3, -0.25) is 0 Å². The summed E-state index contributed by atoms with van der Waals surface area (Å²) in [7, 11) is -2.76. The fourth-order valence-corrected chi connectivity index (χ4v) is 3.95. The minimum atomic E-state index is -4.06. The number of aliphatic hydroxyl groups excluding tert-OH is 1. The molecule has 0 saturated carbocycles. The van der Waals surface area contributed by atoms with Crippen molar-refractivity contribution >= 4 is 33.2 Å². The van der Waals surface area contributed by atoms with E-state index in [1.807, 2.05) is 0 Å². The van der Waals surface area contributed by atoms with Gasteiger partial charge in [-0.2, -0.15) is 4.31 Å². The topological polar surface area (TPSA) is 77.8 Å². The van der Waals surface area contributed by atoms with Crippen LogP contribution in [0.25, 0.3) is 0 Å². The van der Waals surface area contributed by atoms with Crippen molar-refractivity contribution in [2.45, 2.75) is 11.0 Å². The van der Waals surface area contributed by atoms with Crippen LogP contribution >= 0.6 is 23.2 Å². The molecule has 1 unspecified atom stereocenters. The number of aliphatic hydroxyl groups is 1. The zero-order valence-electron chi connectivity index (χ0n) is 12.1. The van der Waals surface area contributed by atoms with E-state index in [-0.39, 0.29) is 16.6 Å². The molecule has 0 amide bonds. The average Bonchev–Trinajstić information content (AvgIpc) is 2.51. The molecule has 2 aromatic carbocycles. The van der Waals surface area contributed by atoms with E-state index in [1.54, 1.807) is 30.3 Å². The minimum Gasteiger partial charge on any atom is -0.505 e. The predicted molar refractivity (Wildman–Crippen MR) is 89.3 cm³/mol. The van der Waals surface area contributed by atoms with E-state index < -0.39 is 26.8 Å². The highest BCUT2D eigenvalue weighted by atomic mass is 35.5. The van der Waals surface area contributed by atoms with Crippen molar-refractivity contribution in [2.24, 2.45) is 0 Å². The molecule has 5 nitrogen and oxygen atoms in total. The van der Waals surface area contributed by atoms with E-state index in [0.717, 1.165) is 10.4 Å². The molecule has 1 atom stereocenters. The first-order valence-electron chi connectivity index (χ1n) is 6.61. The number of phenols is 1. The number of phenolic OH excluding ortho intramolecular Hbond substituents is 1. The molecule has 0 spiro atoms. The van der Waals surface area contributed by atoms with Gasteiger partial charge < -0.3 is 10.2 Å². The zero-order valence-corrected chi connectivity index (χ0v) is 14.5. The fraction of sp³-hybridized carbons (Fsp3) is 0.200. The van der Waals surface area contributed by atoms with Crippen LogP contribution in [0.3, 0.4) is 0 Å². The molecule has 8 heteroatoms. The molecular formula is C15H15Cl2NO4S. The molecule has 0 aliphatic rings. The van der Waals surface area contributed by atoms with Gasteiger partial charge in [-0.25, -0.2) is 8.42 Å². The third kappa shape index (κ3) is 3.97. The first-order valence-corrected chi connectivity index (χ1v) is 8.80. The number of sulfonamides is 1. The lowest BCUT2D eigenvalue weighted by Crippen LogP contribution is -2.31. The SMILES string of the molecule is CN(CC(O)c1ccccc1)S(=O)(=O)c1cc(Cl)cc(Cl)c1O. The minimum absolute atomic E-state index is 0.0865. The number of nitrogens with zero attached hydrogens (tertiary/aromatic N) is 1. The summed E-state index contributed by atoms with van der Waals surface area (Å²) in [5, 5.41) is 20.0. The van der Waals surface area contributed by atoms with Crippen LogP contribution in [0, 0.1) is 0 Å². The lowest BCUT2D eigenvalue weighted by atomic mass is 10.1. The Hall–Kier alpha value is -1.31. The molecule has 0 fully saturated rings. The number of hydrogen-bond donors (Lipinski definition) is 2. The van der Waals surface area contributed by atoms with Gasteiger partial charge >= 0.3 is 0 Å². The normalized spacial score (nSPS) is 13.3. The first kappa shape index (κ1) is 18.0. The van der Waals surface area contributed by atoms with Crippen LogP contribution in [0.5, 0.6) is 5.75 Å². The van der Waals surface area contributed by atoms with E-state index in [2.05, 4.69) is 0 Å². The average molecular weight is 376 g/mol. The van der Waals surface area contributed by atoms with Crippen molar-refractivity contribution in [3.05, 3.63) is 58.1 Å². The standard InChI is InChI=1S/C15H15Cl2NO4S/c1-18(9-13(19)10-5-3-2-4-6-10)23(21,22)14-8-11(16)7-12(17)15(14)20/h2-8,13,19-20H,9H2,1H3. The highest BCUT2D eigenvalue weighted by Crippen LogP contribution is 2.35. The van der Waals surface area contributed by atoms with Crippen molar-refractivity contribution in [1.29, 1.82) is 0 Å². The number of halogens is 2. The Bertz CT molecular complexity index is 797. The van der Waals surface area contributed by atoms with Crippen molar-refractivity contribution in [3.8, 4) is 5.75 Å². The Kier molecular flexibility index (Phi) is 5.54. The van der Waals surface area contributed by atoms with Crippen LogP contribution in [0.2, 0.25) is 10.0 Å². The maximum Gasteiger partial charge on any atom is 0.246 e. The summed E-state index contributed by atoms with van der Waals surface area (Å²) < 4.78 is 26.1. The van der Waals surface area contributed by atoms with Gasteiger partial charge in [-0.1, -0.05) is 53.5 Å². The molecule has 23 heavy (non-hydrogen) atoms. The molecular weight excluding hydrogens is 361 g/mol. The van der Waals surface area contributed by atoms with Crippen molar-refractivity contribution in [2.75, 3.05) is 13.6 Å². The van der Waals surface area contributed by atoms with Gasteiger partial charge in [0.2, 0.25) is 10.0 Å². The molecule has 2 rings (SSSR count). The van der Waals surface area contributed by atoms with Gasteiger partial charge in [0.05, 0.1) is 11.1 Å². The third-order valence-corrected chi connectivity index (χ3v) is 5.64. The van der Waals surface area contributed by atoms with Crippen LogP contribution in [0.15, 0.2) is 47.4 Å². The number of aromatic hydroxyl groups is 1. The molecule has 0 bridgehead atoms. The Balaban J connectivity index is 2.29. The molecule has 0 radical (unpaired) electrons. The quantitative estimate of drug-likeness (QED) is 0.841. The summed E-state index contributed by atoms with van der Waals surface area (Å²) in [6, 6.07) is 11.0. The maximum atomic E-state index is 12.6. The van der Waals surface area contributed by atoms with Crippen molar-refractivity contribution in [3.63, 3.8) is 0 Å². The van der Waals surface area contributed by atoms with Crippen LogP contribution in [-0.4, -0.2) is 36.5 Å². The fourth-order valence-electron chi connectivity index (χ4n) is 2.03. The van der Waals surface area contributed by atoms with Crippen molar-refractivity contribution < 1.29 is 18.6 Å². The van der Waals surface area contributed by atoms with Gasteiger partial charge in [0.1, 0.15) is 4.90 Å². The summed E-state index contributed by atoms with van der Waals surface area (Å²) >= 11 is 11.6. The highest BCUT2D eigenvalue weighted by Gasteiger charge is 2.28. The number of likely N-dealkylation sites (N-methyl/N-ethyl adjacent to an activating group) is 1. The second kappa shape index (κ2) is 7.07. The molecule has 0 saturated heterocycles. The van der Waals surface area contributed by atoms with E-state index >= 15 is 0 Å². The van der Waals surface area contributed by atoms with Gasteiger partial charge in [0.15, 0.2) is 5.75 Å². The van der Waals surface area contributed by atoms with Crippen LogP contribution < -0.4 is 0 Å². The summed E-state index contributed by atoms with van der Waals surface area (Å²) in [6.07, 6.45) is -1.01. The second-order valence-corrected chi connectivity index (χ2v) is 7.80. The number of rotatable bonds is 5. The van der Waals surface area contributed by atoms with Gasteiger partial charge in [0.25, 0.3) is 0 Å². The zero-order chi connectivity index (χ0) is 17.2. The van der Waals surface area contributed by atoms with E-state index in [4.69, 9.17) is 23.2 Å². The summed E-state index contributed by atoms with van der Waals surface area (Å²) in [5.74, 6) is -0.572. The molecule has 0 heterocycles. The van der Waals surface area contributed by atoms with Crippen molar-refractivity contribution in [1.82, 2.24) is 4.31 Å².